The summed E-state index contributed by atoms with van der Waals surface area (Å²) in [4.78, 5) is 21.0. The van der Waals surface area contributed by atoms with E-state index in [2.05, 4.69) is 4.40 Å². The third-order valence-electron chi connectivity index (χ3n) is 2.80. The van der Waals surface area contributed by atoms with Gasteiger partial charge in [0.2, 0.25) is 0 Å². The maximum atomic E-state index is 12.2. The lowest BCUT2D eigenvalue weighted by Gasteiger charge is -2.08. The summed E-state index contributed by atoms with van der Waals surface area (Å²) in [5, 5.41) is 10.5. The predicted molar refractivity (Wildman–Crippen MR) is 80.4 cm³/mol. The van der Waals surface area contributed by atoms with E-state index in [0.717, 1.165) is 12.1 Å². The highest BCUT2D eigenvalue weighted by Gasteiger charge is 2.20. The van der Waals surface area contributed by atoms with Crippen LogP contribution < -0.4 is 0 Å². The lowest BCUT2D eigenvalue weighted by atomic mass is 10.1. The fourth-order valence-electron chi connectivity index (χ4n) is 1.68. The average Bonchev–Trinajstić information content (AvgIpc) is 2.44. The largest absolute Gasteiger partial charge is 0.288 e. The fourth-order valence-corrected chi connectivity index (χ4v) is 2.92. The average molecular weight is 341 g/mol. The first-order chi connectivity index (χ1) is 10.2. The van der Waals surface area contributed by atoms with Crippen molar-refractivity contribution in [2.75, 3.05) is 0 Å². The van der Waals surface area contributed by atoms with Crippen molar-refractivity contribution in [3.8, 4) is 0 Å². The molecule has 1 aliphatic rings. The molecule has 7 nitrogen and oxygen atoms in total. The van der Waals surface area contributed by atoms with Gasteiger partial charge in [-0.25, -0.2) is 0 Å². The summed E-state index contributed by atoms with van der Waals surface area (Å²) in [6, 6.07) is 4.54. The van der Waals surface area contributed by atoms with Crippen molar-refractivity contribution in [2.45, 2.75) is 11.8 Å². The van der Waals surface area contributed by atoms with E-state index in [0.29, 0.717) is 5.57 Å². The summed E-state index contributed by atoms with van der Waals surface area (Å²) in [7, 11) is -4.16. The molecule has 0 heterocycles. The van der Waals surface area contributed by atoms with E-state index in [4.69, 9.17) is 11.6 Å². The molecule has 0 aromatic heterocycles. The molecule has 0 saturated heterocycles. The second kappa shape index (κ2) is 5.82. The highest BCUT2D eigenvalue weighted by molar-refractivity contribution is 7.90. The number of hydrogen-bond acceptors (Lipinski definition) is 5. The van der Waals surface area contributed by atoms with Gasteiger partial charge in [0.1, 0.15) is 0 Å². The van der Waals surface area contributed by atoms with Gasteiger partial charge in [0.15, 0.2) is 5.78 Å². The number of hydrogen-bond donors (Lipinski definition) is 0. The van der Waals surface area contributed by atoms with Gasteiger partial charge in [-0.05, 0) is 30.7 Å². The zero-order valence-corrected chi connectivity index (χ0v) is 12.8. The van der Waals surface area contributed by atoms with Gasteiger partial charge < -0.3 is 0 Å². The molecule has 22 heavy (non-hydrogen) atoms. The van der Waals surface area contributed by atoms with Crippen molar-refractivity contribution >= 4 is 38.8 Å². The zero-order valence-electron chi connectivity index (χ0n) is 11.2. The minimum atomic E-state index is -4.16. The molecule has 0 radical (unpaired) electrons. The Bertz CT molecular complexity index is 868. The van der Waals surface area contributed by atoms with Crippen LogP contribution in [0.5, 0.6) is 0 Å². The predicted octanol–water partition coefficient (Wildman–Crippen LogP) is 2.38. The molecule has 114 valence electrons. The number of carbonyl (C=O) groups excluding carboxylic acids is 1. The van der Waals surface area contributed by atoms with E-state index in [9.17, 15) is 23.3 Å². The molecule has 1 aromatic rings. The van der Waals surface area contributed by atoms with Crippen molar-refractivity contribution in [2.24, 2.45) is 4.40 Å². The summed E-state index contributed by atoms with van der Waals surface area (Å²) < 4.78 is 28.0. The molecular weight excluding hydrogens is 332 g/mol. The van der Waals surface area contributed by atoms with Crippen LogP contribution in [0.25, 0.3) is 0 Å². The quantitative estimate of drug-likeness (QED) is 0.477. The Balaban J connectivity index is 2.50. The number of benzene rings is 1. The van der Waals surface area contributed by atoms with Crippen LogP contribution in [0.2, 0.25) is 0 Å². The number of nitro groups is 1. The first kappa shape index (κ1) is 16.1. The SMILES string of the molecule is CC1=CC(=O)C(Cl)=CC1=NS(=O)(=O)c1cccc([N+](=O)[O-])c1. The minimum Gasteiger partial charge on any atom is -0.288 e. The lowest BCUT2D eigenvalue weighted by Crippen LogP contribution is -2.11. The summed E-state index contributed by atoms with van der Waals surface area (Å²) in [5.41, 5.74) is -0.0135. The number of nitrogens with zero attached hydrogens (tertiary/aromatic N) is 2. The molecule has 0 amide bonds. The van der Waals surface area contributed by atoms with E-state index in [1.807, 2.05) is 0 Å². The Hall–Kier alpha value is -2.32. The van der Waals surface area contributed by atoms with Crippen molar-refractivity contribution in [1.29, 1.82) is 0 Å². The molecule has 1 aliphatic carbocycles. The van der Waals surface area contributed by atoms with Crippen molar-refractivity contribution < 1.29 is 18.1 Å². The van der Waals surface area contributed by atoms with Crippen LogP contribution in [0.4, 0.5) is 5.69 Å². The molecule has 2 rings (SSSR count). The molecule has 0 saturated carbocycles. The Labute approximate surface area is 130 Å². The van der Waals surface area contributed by atoms with Crippen molar-refractivity contribution in [3.05, 3.63) is 57.1 Å². The van der Waals surface area contributed by atoms with E-state index < -0.39 is 20.7 Å². The first-order valence-electron chi connectivity index (χ1n) is 5.90. The summed E-state index contributed by atoms with van der Waals surface area (Å²) >= 11 is 5.67. The smallest absolute Gasteiger partial charge is 0.283 e. The van der Waals surface area contributed by atoms with Crippen LogP contribution in [0, 0.1) is 10.1 Å². The van der Waals surface area contributed by atoms with Crippen molar-refractivity contribution in [3.63, 3.8) is 0 Å². The van der Waals surface area contributed by atoms with Crippen LogP contribution in [0.1, 0.15) is 6.92 Å². The van der Waals surface area contributed by atoms with Crippen LogP contribution in [-0.4, -0.2) is 24.8 Å². The number of halogens is 1. The van der Waals surface area contributed by atoms with Gasteiger partial charge in [-0.15, -0.1) is 0 Å². The van der Waals surface area contributed by atoms with Crippen LogP contribution in [0.3, 0.4) is 0 Å². The standard InChI is InChI=1S/C13H9ClN2O5S/c1-8-5-13(17)11(14)7-12(8)15-22(20,21)10-4-2-3-9(6-10)16(18)19/h2-7H,1H3. The highest BCUT2D eigenvalue weighted by Crippen LogP contribution is 2.22. The van der Waals surface area contributed by atoms with Crippen LogP contribution >= 0.6 is 11.6 Å². The van der Waals surface area contributed by atoms with Crippen molar-refractivity contribution in [1.82, 2.24) is 0 Å². The van der Waals surface area contributed by atoms with E-state index >= 15 is 0 Å². The normalized spacial score (nSPS) is 17.2. The molecule has 9 heteroatoms. The number of allylic oxidation sites excluding steroid dienone is 4. The Morgan fingerprint density at radius 3 is 2.59 bits per heavy atom. The van der Waals surface area contributed by atoms with Gasteiger partial charge in [0, 0.05) is 12.1 Å². The maximum absolute atomic E-state index is 12.2. The number of carbonyl (C=O) groups is 1. The molecular formula is C13H9ClN2O5S. The van der Waals surface area contributed by atoms with Gasteiger partial charge in [-0.2, -0.15) is 12.8 Å². The van der Waals surface area contributed by atoms with E-state index in [1.165, 1.54) is 31.2 Å². The molecule has 0 fully saturated rings. The monoisotopic (exact) mass is 340 g/mol. The van der Waals surface area contributed by atoms with Gasteiger partial charge >= 0.3 is 0 Å². The van der Waals surface area contributed by atoms with Gasteiger partial charge in [-0.3, -0.25) is 14.9 Å². The molecule has 1 aromatic carbocycles. The lowest BCUT2D eigenvalue weighted by molar-refractivity contribution is -0.385. The molecule has 0 spiro atoms. The third-order valence-corrected chi connectivity index (χ3v) is 4.38. The number of rotatable bonds is 3. The molecule has 0 N–H and O–H groups in total. The second-order valence-corrected chi connectivity index (χ2v) is 6.40. The number of non-ortho nitro benzene ring substituents is 1. The van der Waals surface area contributed by atoms with Crippen LogP contribution in [0.15, 0.2) is 56.3 Å². The molecule has 0 unspecified atom stereocenters. The number of nitro benzene ring substituents is 1. The maximum Gasteiger partial charge on any atom is 0.283 e. The van der Waals surface area contributed by atoms with Gasteiger partial charge in [-0.1, -0.05) is 17.7 Å². The molecule has 0 aliphatic heterocycles. The summed E-state index contributed by atoms with van der Waals surface area (Å²) in [6.45, 7) is 1.51. The topological polar surface area (TPSA) is 107 Å². The van der Waals surface area contributed by atoms with E-state index in [-0.39, 0.29) is 21.3 Å². The zero-order chi connectivity index (χ0) is 16.5. The minimum absolute atomic E-state index is 0.0103. The third kappa shape index (κ3) is 3.29. The Morgan fingerprint density at radius 2 is 1.95 bits per heavy atom. The Morgan fingerprint density at radius 1 is 1.27 bits per heavy atom. The summed E-state index contributed by atoms with van der Waals surface area (Å²) in [5.74, 6) is -0.439. The van der Waals surface area contributed by atoms with Gasteiger partial charge in [0.05, 0.1) is 20.6 Å². The molecule has 0 atom stereocenters. The van der Waals surface area contributed by atoms with Crippen LogP contribution in [-0.2, 0) is 14.8 Å². The second-order valence-electron chi connectivity index (χ2n) is 4.39. The van der Waals surface area contributed by atoms with Gasteiger partial charge in [0.25, 0.3) is 15.7 Å². The number of ketones is 1. The first-order valence-corrected chi connectivity index (χ1v) is 7.72. The summed E-state index contributed by atoms with van der Waals surface area (Å²) in [6.07, 6.45) is 2.32. The Kier molecular flexibility index (Phi) is 4.25. The molecule has 0 bridgehead atoms. The number of sulfonamides is 1. The van der Waals surface area contributed by atoms with E-state index in [1.54, 1.807) is 0 Å². The fraction of sp³-hybridized carbons (Fsp3) is 0.0769. The highest BCUT2D eigenvalue weighted by atomic mass is 35.5.